The van der Waals surface area contributed by atoms with E-state index >= 15 is 0 Å². The summed E-state index contributed by atoms with van der Waals surface area (Å²) in [5, 5.41) is 0. The van der Waals surface area contributed by atoms with Crippen LogP contribution in [0.25, 0.3) is 0 Å². The zero-order chi connectivity index (χ0) is 44.8. The number of hydrogen-bond acceptors (Lipinski definition) is 9. The third kappa shape index (κ3) is 17.7. The number of carbonyl (C=O) groups is 3. The first-order valence-electron chi connectivity index (χ1n) is 16.7. The predicted molar refractivity (Wildman–Crippen MR) is 216 cm³/mol. The summed E-state index contributed by atoms with van der Waals surface area (Å²) in [5.41, 5.74) is -6.90. The lowest BCUT2D eigenvalue weighted by Crippen LogP contribution is -2.30. The van der Waals surface area contributed by atoms with E-state index < -0.39 is 74.9 Å². The van der Waals surface area contributed by atoms with Crippen LogP contribution in [0.2, 0.25) is 0 Å². The second kappa shape index (κ2) is 19.7. The molecule has 0 unspecified atom stereocenters. The van der Waals surface area contributed by atoms with Crippen LogP contribution in [0.5, 0.6) is 0 Å². The van der Waals surface area contributed by atoms with Gasteiger partial charge in [0.2, 0.25) is 20.0 Å². The number of alkyl halides is 3. The van der Waals surface area contributed by atoms with Crippen molar-refractivity contribution in [3.8, 4) is 0 Å². The maximum absolute atomic E-state index is 13.8. The Kier molecular flexibility index (Phi) is 18.2. The van der Waals surface area contributed by atoms with Crippen LogP contribution in [0.3, 0.4) is 0 Å². The van der Waals surface area contributed by atoms with Gasteiger partial charge in [-0.15, -0.1) is 0 Å². The van der Waals surface area contributed by atoms with E-state index in [9.17, 15) is 61.6 Å². The molecule has 3 rings (SSSR count). The van der Waals surface area contributed by atoms with Crippen LogP contribution in [0.1, 0.15) is 106 Å². The van der Waals surface area contributed by atoms with Gasteiger partial charge in [-0.1, -0.05) is 94.0 Å². The fraction of sp³-hybridized carbons (Fsp3) is 0.447. The standard InChI is InChI=1S/C13H19NO3S.C12H13F4NO3S.C12H16FNO3S.CH4/c1-13(2,3)12(15)11-7-5-10(6-8-11)9-14-18(4,16)17;1-11(2,3)10(18)8-5-4-7(6-9(8)13)17-21(19,20)12(14,15)16;1-12(2,3)11(15)9-6-5-8(7-10(9)13)14-18(4,16)17;/h5-8,14H,9H2,1-4H3;4-6,17H,1-3H3;5-7,14H,1-4H3;1H4. The highest BCUT2D eigenvalue weighted by atomic mass is 32.2. The molecule has 326 valence electrons. The number of nitrogens with one attached hydrogen (secondary N) is 3. The average molecular weight is 886 g/mol. The Bertz CT molecular complexity index is 2280. The van der Waals surface area contributed by atoms with Crippen molar-refractivity contribution >= 4 is 58.8 Å². The summed E-state index contributed by atoms with van der Waals surface area (Å²) in [5.74, 6) is -2.64. The van der Waals surface area contributed by atoms with Crippen LogP contribution < -0.4 is 14.2 Å². The number of Topliss-reactive ketones (excluding diaryl/α,β-unsaturated/α-hetero) is 3. The highest BCUT2D eigenvalue weighted by molar-refractivity contribution is 7.93. The van der Waals surface area contributed by atoms with Gasteiger partial charge in [0.05, 0.1) is 35.0 Å². The maximum Gasteiger partial charge on any atom is 0.516 e. The van der Waals surface area contributed by atoms with Gasteiger partial charge in [0.25, 0.3) is 0 Å². The van der Waals surface area contributed by atoms with Gasteiger partial charge in [-0.05, 0) is 42.0 Å². The molecule has 0 saturated heterocycles. The van der Waals surface area contributed by atoms with Crippen molar-refractivity contribution < 1.29 is 61.6 Å². The van der Waals surface area contributed by atoms with Crippen molar-refractivity contribution in [3.63, 3.8) is 0 Å². The molecule has 0 aliphatic heterocycles. The summed E-state index contributed by atoms with van der Waals surface area (Å²) in [7, 11) is -12.3. The molecule has 3 aromatic carbocycles. The molecule has 0 radical (unpaired) electrons. The highest BCUT2D eigenvalue weighted by Crippen LogP contribution is 2.29. The molecule has 58 heavy (non-hydrogen) atoms. The van der Waals surface area contributed by atoms with Crippen molar-refractivity contribution in [1.82, 2.24) is 4.72 Å². The molecule has 0 spiro atoms. The van der Waals surface area contributed by atoms with Crippen LogP contribution in [0.4, 0.5) is 33.3 Å². The average Bonchev–Trinajstić information content (AvgIpc) is 3.01. The van der Waals surface area contributed by atoms with E-state index in [1.54, 1.807) is 65.8 Å². The summed E-state index contributed by atoms with van der Waals surface area (Å²) in [6, 6.07) is 13.0. The first kappa shape index (κ1) is 53.7. The Morgan fingerprint density at radius 2 is 0.914 bits per heavy atom. The lowest BCUT2D eigenvalue weighted by molar-refractivity contribution is -0.0429. The minimum absolute atomic E-state index is 0. The number of sulfonamides is 3. The molecule has 0 amide bonds. The second-order valence-corrected chi connectivity index (χ2v) is 21.1. The van der Waals surface area contributed by atoms with E-state index in [1.807, 2.05) is 20.8 Å². The highest BCUT2D eigenvalue weighted by Gasteiger charge is 2.46. The molecule has 0 fully saturated rings. The zero-order valence-electron chi connectivity index (χ0n) is 33.3. The van der Waals surface area contributed by atoms with Gasteiger partial charge in [-0.3, -0.25) is 23.8 Å². The molecule has 3 N–H and O–H groups in total. The van der Waals surface area contributed by atoms with Crippen molar-refractivity contribution in [2.24, 2.45) is 16.2 Å². The number of benzene rings is 3. The molecular weight excluding hydrogens is 834 g/mol. The van der Waals surface area contributed by atoms with Crippen molar-refractivity contribution in [2.45, 2.75) is 81.8 Å². The number of halogens is 5. The molecule has 3 aromatic rings. The van der Waals surface area contributed by atoms with Gasteiger partial charge in [-0.25, -0.2) is 30.3 Å². The summed E-state index contributed by atoms with van der Waals surface area (Å²) >= 11 is 0. The van der Waals surface area contributed by atoms with Gasteiger partial charge >= 0.3 is 15.5 Å². The second-order valence-electron chi connectivity index (χ2n) is 15.8. The lowest BCUT2D eigenvalue weighted by atomic mass is 9.86. The Balaban J connectivity index is 0.000000837. The number of anilines is 2. The Morgan fingerprint density at radius 1 is 0.552 bits per heavy atom. The minimum Gasteiger partial charge on any atom is -0.294 e. The van der Waals surface area contributed by atoms with Crippen molar-refractivity contribution in [2.75, 3.05) is 22.0 Å². The van der Waals surface area contributed by atoms with Crippen LogP contribution >= 0.6 is 0 Å². The normalized spacial score (nSPS) is 12.4. The molecule has 0 heterocycles. The van der Waals surface area contributed by atoms with E-state index in [0.717, 1.165) is 36.3 Å². The van der Waals surface area contributed by atoms with E-state index in [2.05, 4.69) is 9.44 Å². The molecule has 0 atom stereocenters. The van der Waals surface area contributed by atoms with Gasteiger partial charge < -0.3 is 0 Å². The van der Waals surface area contributed by atoms with Gasteiger partial charge in [0.15, 0.2) is 17.3 Å². The summed E-state index contributed by atoms with van der Waals surface area (Å²) in [6.45, 7) is 15.6. The summed E-state index contributed by atoms with van der Waals surface area (Å²) < 4.78 is 135. The topological polar surface area (TPSA) is 190 Å². The first-order valence-corrected chi connectivity index (χ1v) is 22.0. The van der Waals surface area contributed by atoms with E-state index in [1.165, 1.54) is 16.9 Å². The molecule has 0 aliphatic carbocycles. The summed E-state index contributed by atoms with van der Waals surface area (Å²) in [6.07, 6.45) is 2.09. The molecule has 20 heteroatoms. The Hall–Kier alpha value is -4.27. The van der Waals surface area contributed by atoms with Crippen molar-refractivity contribution in [3.05, 3.63) is 94.6 Å². The smallest absolute Gasteiger partial charge is 0.294 e. The zero-order valence-corrected chi connectivity index (χ0v) is 35.7. The molecule has 0 bridgehead atoms. The monoisotopic (exact) mass is 885 g/mol. The fourth-order valence-electron chi connectivity index (χ4n) is 4.18. The van der Waals surface area contributed by atoms with Crippen LogP contribution in [-0.2, 0) is 36.6 Å². The quantitative estimate of drug-likeness (QED) is 0.133. The number of rotatable bonds is 10. The molecule has 0 saturated carbocycles. The van der Waals surface area contributed by atoms with E-state index in [-0.39, 0.29) is 42.4 Å². The SMILES string of the molecule is C.CC(C)(C)C(=O)c1ccc(CNS(C)(=O)=O)cc1.CC(C)(C)C(=O)c1ccc(NS(=O)(=O)C(F)(F)F)cc1F.CC(C)(C)C(=O)c1ccc(NS(C)(=O)=O)cc1F. The fourth-order valence-corrected chi connectivity index (χ4v) is 5.72. The lowest BCUT2D eigenvalue weighted by Gasteiger charge is -2.17. The van der Waals surface area contributed by atoms with E-state index in [0.29, 0.717) is 11.6 Å². The van der Waals surface area contributed by atoms with Crippen LogP contribution in [-0.4, -0.2) is 60.6 Å². The predicted octanol–water partition coefficient (Wildman–Crippen LogP) is 8.34. The van der Waals surface area contributed by atoms with Gasteiger partial charge in [-0.2, -0.15) is 21.6 Å². The number of hydrogen-bond donors (Lipinski definition) is 3. The number of ketones is 3. The largest absolute Gasteiger partial charge is 0.516 e. The van der Waals surface area contributed by atoms with Crippen LogP contribution in [0, 0.1) is 27.9 Å². The third-order valence-corrected chi connectivity index (χ3v) is 9.47. The Labute approximate surface area is 338 Å². The molecule has 12 nitrogen and oxygen atoms in total. The molecule has 0 aromatic heterocycles. The number of carbonyl (C=O) groups excluding carboxylic acids is 3. The maximum atomic E-state index is 13.8. The summed E-state index contributed by atoms with van der Waals surface area (Å²) in [4.78, 5) is 35.8. The van der Waals surface area contributed by atoms with E-state index in [4.69, 9.17) is 0 Å². The molecule has 0 aliphatic rings. The minimum atomic E-state index is -5.63. The van der Waals surface area contributed by atoms with Crippen molar-refractivity contribution in [1.29, 1.82) is 0 Å². The Morgan fingerprint density at radius 3 is 1.21 bits per heavy atom. The van der Waals surface area contributed by atoms with Gasteiger partial charge in [0, 0.05) is 28.4 Å². The third-order valence-electron chi connectivity index (χ3n) is 7.09. The van der Waals surface area contributed by atoms with Gasteiger partial charge in [0.1, 0.15) is 11.6 Å². The van der Waals surface area contributed by atoms with Crippen LogP contribution in [0.15, 0.2) is 60.7 Å². The first-order chi connectivity index (χ1) is 25.4. The molecular formula is C38H52F5N3O9S3.